The zero-order valence-electron chi connectivity index (χ0n) is 16.8. The predicted molar refractivity (Wildman–Crippen MR) is 112 cm³/mol. The molecule has 6 nitrogen and oxygen atoms in total. The molecule has 4 fully saturated rings. The number of hydrogen-bond acceptors (Lipinski definition) is 6. The Morgan fingerprint density at radius 3 is 2.50 bits per heavy atom. The van der Waals surface area contributed by atoms with Crippen LogP contribution in [0.3, 0.4) is 0 Å². The van der Waals surface area contributed by atoms with E-state index < -0.39 is 17.5 Å². The first-order valence-electron chi connectivity index (χ1n) is 10.4. The van der Waals surface area contributed by atoms with E-state index in [2.05, 4.69) is 4.98 Å². The Labute approximate surface area is 178 Å². The molecule has 2 N–H and O–H groups in total. The SMILES string of the molecule is CC(=O)c1ccccc1-c1nc(C(=O)OC2C3CC4CC(C3)CC2(C(N)=O)C4)cs1. The standard InChI is InChI=1S/C23H24N2O4S/c1-12(26)16-4-2-3-5-17(16)20-25-18(11-30-20)21(27)29-19-15-7-13-6-14(8-15)10-23(19,9-13)22(24)28/h2-5,11,13-15,19H,6-10H2,1H3,(H2,24,28). The van der Waals surface area contributed by atoms with Gasteiger partial charge in [-0.1, -0.05) is 24.3 Å². The second-order valence-corrected chi connectivity index (χ2v) is 9.95. The van der Waals surface area contributed by atoms with Crippen LogP contribution in [0.2, 0.25) is 0 Å². The number of carbonyl (C=O) groups excluding carboxylic acids is 3. The second kappa shape index (κ2) is 7.01. The van der Waals surface area contributed by atoms with Crippen molar-refractivity contribution >= 4 is 29.0 Å². The van der Waals surface area contributed by atoms with Gasteiger partial charge in [0.1, 0.15) is 11.1 Å². The maximum Gasteiger partial charge on any atom is 0.358 e. The minimum absolute atomic E-state index is 0.0538. The fourth-order valence-electron chi connectivity index (χ4n) is 6.19. The zero-order chi connectivity index (χ0) is 21.0. The van der Waals surface area contributed by atoms with E-state index in [-0.39, 0.29) is 23.3 Å². The highest BCUT2D eigenvalue weighted by Crippen LogP contribution is 2.61. The third kappa shape index (κ3) is 2.98. The Balaban J connectivity index is 1.40. The molecule has 1 aromatic heterocycles. The molecule has 1 amide bonds. The molecule has 3 unspecified atom stereocenters. The van der Waals surface area contributed by atoms with Crippen molar-refractivity contribution in [1.29, 1.82) is 0 Å². The van der Waals surface area contributed by atoms with Gasteiger partial charge in [-0.3, -0.25) is 9.59 Å². The molecule has 6 rings (SSSR count). The molecule has 1 aromatic carbocycles. The van der Waals surface area contributed by atoms with Crippen LogP contribution in [-0.4, -0.2) is 28.7 Å². The van der Waals surface area contributed by atoms with Crippen LogP contribution in [0.25, 0.3) is 10.6 Å². The molecular weight excluding hydrogens is 400 g/mol. The number of carbonyl (C=O) groups is 3. The summed E-state index contributed by atoms with van der Waals surface area (Å²) in [5.41, 5.74) is 6.60. The van der Waals surface area contributed by atoms with E-state index in [9.17, 15) is 14.4 Å². The Morgan fingerprint density at radius 2 is 1.83 bits per heavy atom. The van der Waals surface area contributed by atoms with Crippen molar-refractivity contribution in [3.63, 3.8) is 0 Å². The van der Waals surface area contributed by atoms with Crippen LogP contribution in [0.5, 0.6) is 0 Å². The van der Waals surface area contributed by atoms with Crippen molar-refractivity contribution in [3.8, 4) is 10.6 Å². The molecule has 7 heteroatoms. The number of nitrogens with two attached hydrogens (primary N) is 1. The van der Waals surface area contributed by atoms with E-state index >= 15 is 0 Å². The first-order chi connectivity index (χ1) is 14.4. The smallest absolute Gasteiger partial charge is 0.358 e. The number of Topliss-reactive ketones (excluding diaryl/α,β-unsaturated/α-hetero) is 1. The summed E-state index contributed by atoms with van der Waals surface area (Å²) in [7, 11) is 0. The fraction of sp³-hybridized carbons (Fsp3) is 0.478. The Bertz CT molecular complexity index is 1030. The van der Waals surface area contributed by atoms with Crippen LogP contribution < -0.4 is 5.73 Å². The van der Waals surface area contributed by atoms with Crippen LogP contribution >= 0.6 is 11.3 Å². The largest absolute Gasteiger partial charge is 0.456 e. The summed E-state index contributed by atoms with van der Waals surface area (Å²) in [6.07, 6.45) is 4.14. The molecule has 4 aliphatic carbocycles. The van der Waals surface area contributed by atoms with E-state index in [0.29, 0.717) is 28.0 Å². The highest BCUT2D eigenvalue weighted by molar-refractivity contribution is 7.13. The maximum absolute atomic E-state index is 13.0. The fourth-order valence-corrected chi connectivity index (χ4v) is 7.02. The van der Waals surface area contributed by atoms with Crippen LogP contribution in [0, 0.1) is 23.2 Å². The number of primary amides is 1. The lowest BCUT2D eigenvalue weighted by Crippen LogP contribution is -2.62. The highest BCUT2D eigenvalue weighted by Gasteiger charge is 2.61. The lowest BCUT2D eigenvalue weighted by molar-refractivity contribution is -0.174. The van der Waals surface area contributed by atoms with Gasteiger partial charge in [-0.25, -0.2) is 9.78 Å². The van der Waals surface area contributed by atoms with Crippen molar-refractivity contribution in [3.05, 3.63) is 40.9 Å². The van der Waals surface area contributed by atoms with Gasteiger partial charge in [0.15, 0.2) is 11.5 Å². The first kappa shape index (κ1) is 19.4. The number of thiazole rings is 1. The molecular formula is C23H24N2O4S. The third-order valence-corrected chi connectivity index (χ3v) is 8.07. The third-order valence-electron chi connectivity index (χ3n) is 7.19. The summed E-state index contributed by atoms with van der Waals surface area (Å²) >= 11 is 1.30. The zero-order valence-corrected chi connectivity index (χ0v) is 17.6. The van der Waals surface area contributed by atoms with Gasteiger partial charge >= 0.3 is 5.97 Å². The van der Waals surface area contributed by atoms with Crippen LogP contribution in [0.15, 0.2) is 29.6 Å². The van der Waals surface area contributed by atoms with Crippen molar-refractivity contribution in [2.45, 2.75) is 45.1 Å². The molecule has 1 heterocycles. The Hall–Kier alpha value is -2.54. The lowest BCUT2D eigenvalue weighted by Gasteiger charge is -2.58. The number of hydrogen-bond donors (Lipinski definition) is 1. The van der Waals surface area contributed by atoms with Gasteiger partial charge in [-0.05, 0) is 56.8 Å². The van der Waals surface area contributed by atoms with Crippen LogP contribution in [-0.2, 0) is 9.53 Å². The predicted octanol–water partition coefficient (Wildman–Crippen LogP) is 3.85. The molecule has 30 heavy (non-hydrogen) atoms. The van der Waals surface area contributed by atoms with Crippen molar-refractivity contribution in [2.75, 3.05) is 0 Å². The molecule has 2 aromatic rings. The quantitative estimate of drug-likeness (QED) is 0.580. The molecule has 4 saturated carbocycles. The molecule has 4 aliphatic rings. The summed E-state index contributed by atoms with van der Waals surface area (Å²) in [6.45, 7) is 1.51. The number of amides is 1. The first-order valence-corrected chi connectivity index (χ1v) is 11.3. The van der Waals surface area contributed by atoms with E-state index in [0.717, 1.165) is 32.1 Å². The number of aromatic nitrogens is 1. The molecule has 0 aliphatic heterocycles. The van der Waals surface area contributed by atoms with E-state index in [1.807, 2.05) is 12.1 Å². The monoisotopic (exact) mass is 424 g/mol. The number of ketones is 1. The van der Waals surface area contributed by atoms with Crippen molar-refractivity contribution < 1.29 is 19.1 Å². The molecule has 0 radical (unpaired) electrons. The van der Waals surface area contributed by atoms with Gasteiger partial charge in [0.25, 0.3) is 0 Å². The molecule has 0 spiro atoms. The van der Waals surface area contributed by atoms with Gasteiger partial charge in [-0.15, -0.1) is 11.3 Å². The number of esters is 1. The summed E-state index contributed by atoms with van der Waals surface area (Å²) in [6, 6.07) is 7.22. The average Bonchev–Trinajstić information content (AvgIpc) is 3.20. The second-order valence-electron chi connectivity index (χ2n) is 9.09. The van der Waals surface area contributed by atoms with Gasteiger partial charge < -0.3 is 10.5 Å². The van der Waals surface area contributed by atoms with Crippen molar-refractivity contribution in [1.82, 2.24) is 4.98 Å². The summed E-state index contributed by atoms with van der Waals surface area (Å²) < 4.78 is 5.94. The highest BCUT2D eigenvalue weighted by atomic mass is 32.1. The maximum atomic E-state index is 13.0. The van der Waals surface area contributed by atoms with Crippen LogP contribution in [0.4, 0.5) is 0 Å². The van der Waals surface area contributed by atoms with E-state index in [1.54, 1.807) is 17.5 Å². The Morgan fingerprint density at radius 1 is 1.13 bits per heavy atom. The average molecular weight is 425 g/mol. The lowest BCUT2D eigenvalue weighted by atomic mass is 9.48. The number of nitrogens with zero attached hydrogens (tertiary/aromatic N) is 1. The normalized spacial score (nSPS) is 31.5. The number of ether oxygens (including phenoxy) is 1. The van der Waals surface area contributed by atoms with Gasteiger partial charge in [0.05, 0.1) is 5.41 Å². The van der Waals surface area contributed by atoms with E-state index in [1.165, 1.54) is 18.3 Å². The van der Waals surface area contributed by atoms with Gasteiger partial charge in [-0.2, -0.15) is 0 Å². The van der Waals surface area contributed by atoms with E-state index in [4.69, 9.17) is 10.5 Å². The van der Waals surface area contributed by atoms with Gasteiger partial charge in [0.2, 0.25) is 5.91 Å². The minimum atomic E-state index is -0.732. The topological polar surface area (TPSA) is 99.3 Å². The summed E-state index contributed by atoms with van der Waals surface area (Å²) in [4.78, 5) is 41.8. The summed E-state index contributed by atoms with van der Waals surface area (Å²) in [5, 5.41) is 2.25. The number of benzene rings is 1. The van der Waals surface area contributed by atoms with Crippen molar-refractivity contribution in [2.24, 2.45) is 28.9 Å². The molecule has 0 saturated heterocycles. The Kier molecular flexibility index (Phi) is 4.54. The molecule has 4 bridgehead atoms. The summed E-state index contributed by atoms with van der Waals surface area (Å²) in [5.74, 6) is 0.314. The molecule has 156 valence electrons. The van der Waals surface area contributed by atoms with Crippen LogP contribution in [0.1, 0.15) is 59.9 Å². The minimum Gasteiger partial charge on any atom is -0.456 e. The number of rotatable bonds is 5. The molecule has 3 atom stereocenters. The van der Waals surface area contributed by atoms with Gasteiger partial charge in [0, 0.05) is 16.5 Å².